The molecule has 0 aromatic heterocycles. The summed E-state index contributed by atoms with van der Waals surface area (Å²) in [6.45, 7) is 3.30. The first-order valence-electron chi connectivity index (χ1n) is 3.58. The van der Waals surface area contributed by atoms with E-state index in [9.17, 15) is 14.4 Å². The average Bonchev–Trinajstić information content (AvgIpc) is 1.98. The molecule has 13 heavy (non-hydrogen) atoms. The lowest BCUT2D eigenvalue weighted by molar-refractivity contribution is -0.139. The van der Waals surface area contributed by atoms with Crippen LogP contribution in [0.2, 0.25) is 0 Å². The van der Waals surface area contributed by atoms with Crippen LogP contribution in [0.4, 0.5) is 0 Å². The summed E-state index contributed by atoms with van der Waals surface area (Å²) in [6.07, 6.45) is -0.829. The summed E-state index contributed by atoms with van der Waals surface area (Å²) in [6, 6.07) is 0. The van der Waals surface area contributed by atoms with Gasteiger partial charge in [0.2, 0.25) is 0 Å². The number of aliphatic carboxylic acids is 2. The van der Waals surface area contributed by atoms with Crippen molar-refractivity contribution < 1.29 is 24.6 Å². The lowest BCUT2D eigenvalue weighted by Crippen LogP contribution is -2.09. The van der Waals surface area contributed by atoms with Crippen molar-refractivity contribution in [3.8, 4) is 0 Å². The maximum Gasteiger partial charge on any atom is 0.311 e. The minimum absolute atomic E-state index is 0.00144. The van der Waals surface area contributed by atoms with E-state index >= 15 is 0 Å². The quantitative estimate of drug-likeness (QED) is 0.464. The Morgan fingerprint density at radius 3 is 1.92 bits per heavy atom. The van der Waals surface area contributed by atoms with Gasteiger partial charge in [0.25, 0.3) is 0 Å². The maximum absolute atomic E-state index is 10.9. The zero-order valence-corrected chi connectivity index (χ0v) is 6.95. The second-order valence-electron chi connectivity index (χ2n) is 2.49. The summed E-state index contributed by atoms with van der Waals surface area (Å²) < 4.78 is 0. The lowest BCUT2D eigenvalue weighted by Gasteiger charge is -1.99. The zero-order valence-electron chi connectivity index (χ0n) is 6.95. The number of rotatable bonds is 6. The molecule has 0 aliphatic rings. The molecule has 0 aliphatic heterocycles. The van der Waals surface area contributed by atoms with Gasteiger partial charge >= 0.3 is 11.9 Å². The molecule has 72 valence electrons. The number of carbonyl (C=O) groups is 3. The molecular weight excluding hydrogens is 176 g/mol. The predicted octanol–water partition coefficient (Wildman–Crippen LogP) is 0.451. The Kier molecular flexibility index (Phi) is 4.43. The highest BCUT2D eigenvalue weighted by molar-refractivity contribution is 6.04. The van der Waals surface area contributed by atoms with Crippen molar-refractivity contribution >= 4 is 17.7 Å². The number of allylic oxidation sites excluding steroid dienone is 1. The van der Waals surface area contributed by atoms with E-state index in [0.717, 1.165) is 0 Å². The monoisotopic (exact) mass is 186 g/mol. The van der Waals surface area contributed by atoms with Crippen LogP contribution in [-0.4, -0.2) is 27.9 Å². The van der Waals surface area contributed by atoms with Crippen molar-refractivity contribution in [1.82, 2.24) is 0 Å². The Balaban J connectivity index is 3.90. The molecular formula is C8H10O5. The van der Waals surface area contributed by atoms with Gasteiger partial charge in [0.1, 0.15) is 6.42 Å². The molecule has 5 nitrogen and oxygen atoms in total. The standard InChI is InChI=1S/C8H10O5/c1-5(2-3-7(10)11)6(9)4-8(12)13/h1-4H2,(H,10,11)(H,12,13). The molecule has 0 atom stereocenters. The SMILES string of the molecule is C=C(CCC(=O)O)C(=O)CC(=O)O. The first-order valence-corrected chi connectivity index (χ1v) is 3.58. The molecule has 0 heterocycles. The fourth-order valence-electron chi connectivity index (χ4n) is 0.660. The zero-order chi connectivity index (χ0) is 10.4. The third-order valence-corrected chi connectivity index (χ3v) is 1.35. The Morgan fingerprint density at radius 2 is 1.54 bits per heavy atom. The molecule has 0 amide bonds. The first-order chi connectivity index (χ1) is 5.93. The molecule has 0 aliphatic carbocycles. The van der Waals surface area contributed by atoms with Gasteiger partial charge in [0.05, 0.1) is 0 Å². The van der Waals surface area contributed by atoms with Crippen LogP contribution in [0.5, 0.6) is 0 Å². The van der Waals surface area contributed by atoms with Crippen LogP contribution in [0.15, 0.2) is 12.2 Å². The minimum atomic E-state index is -1.23. The van der Waals surface area contributed by atoms with Gasteiger partial charge in [0.15, 0.2) is 5.78 Å². The molecule has 2 N–H and O–H groups in total. The molecule has 5 heteroatoms. The number of ketones is 1. The number of carboxylic acids is 2. The molecule has 0 spiro atoms. The van der Waals surface area contributed by atoms with Crippen LogP contribution in [0.25, 0.3) is 0 Å². The van der Waals surface area contributed by atoms with E-state index in [1.54, 1.807) is 0 Å². The summed E-state index contributed by atoms with van der Waals surface area (Å²) >= 11 is 0. The van der Waals surface area contributed by atoms with E-state index in [-0.39, 0.29) is 18.4 Å². The molecule has 0 rings (SSSR count). The largest absolute Gasteiger partial charge is 0.481 e. The van der Waals surface area contributed by atoms with Crippen LogP contribution in [-0.2, 0) is 14.4 Å². The van der Waals surface area contributed by atoms with Gasteiger partial charge in [-0.05, 0) is 12.0 Å². The number of hydrogen-bond acceptors (Lipinski definition) is 3. The van der Waals surface area contributed by atoms with Gasteiger partial charge in [0, 0.05) is 6.42 Å². The normalized spacial score (nSPS) is 9.23. The Bertz CT molecular complexity index is 253. The second kappa shape index (κ2) is 5.08. The van der Waals surface area contributed by atoms with Gasteiger partial charge in [-0.3, -0.25) is 14.4 Å². The number of carbonyl (C=O) groups excluding carboxylic acids is 1. The van der Waals surface area contributed by atoms with Gasteiger partial charge in [-0.15, -0.1) is 0 Å². The van der Waals surface area contributed by atoms with Crippen molar-refractivity contribution in [1.29, 1.82) is 0 Å². The smallest absolute Gasteiger partial charge is 0.311 e. The van der Waals surface area contributed by atoms with Gasteiger partial charge in [-0.2, -0.15) is 0 Å². The van der Waals surface area contributed by atoms with Crippen LogP contribution in [0.3, 0.4) is 0 Å². The highest BCUT2D eigenvalue weighted by atomic mass is 16.4. The van der Waals surface area contributed by atoms with E-state index < -0.39 is 24.1 Å². The molecule has 0 bridgehead atoms. The fourth-order valence-corrected chi connectivity index (χ4v) is 0.660. The van der Waals surface area contributed by atoms with Crippen LogP contribution < -0.4 is 0 Å². The van der Waals surface area contributed by atoms with Crippen molar-refractivity contribution in [2.24, 2.45) is 0 Å². The topological polar surface area (TPSA) is 91.7 Å². The highest BCUT2D eigenvalue weighted by Gasteiger charge is 2.12. The van der Waals surface area contributed by atoms with E-state index in [1.165, 1.54) is 0 Å². The number of carboxylic acid groups (broad SMARTS) is 2. The van der Waals surface area contributed by atoms with Gasteiger partial charge in [-0.1, -0.05) is 6.58 Å². The summed E-state index contributed by atoms with van der Waals surface area (Å²) in [5.41, 5.74) is 0.0461. The summed E-state index contributed by atoms with van der Waals surface area (Å²) in [5, 5.41) is 16.5. The Morgan fingerprint density at radius 1 is 1.00 bits per heavy atom. The Labute approximate surface area is 74.7 Å². The highest BCUT2D eigenvalue weighted by Crippen LogP contribution is 2.05. The predicted molar refractivity (Wildman–Crippen MR) is 43.3 cm³/mol. The molecule has 0 fully saturated rings. The Hall–Kier alpha value is -1.65. The molecule has 0 aromatic rings. The van der Waals surface area contributed by atoms with Crippen molar-refractivity contribution in [3.05, 3.63) is 12.2 Å². The van der Waals surface area contributed by atoms with E-state index in [0.29, 0.717) is 0 Å². The van der Waals surface area contributed by atoms with E-state index in [1.807, 2.05) is 0 Å². The molecule has 0 aromatic carbocycles. The summed E-state index contributed by atoms with van der Waals surface area (Å²) in [7, 11) is 0. The van der Waals surface area contributed by atoms with Crippen molar-refractivity contribution in [2.45, 2.75) is 19.3 Å². The summed E-state index contributed by atoms with van der Waals surface area (Å²) in [5.74, 6) is -2.89. The molecule has 0 unspecified atom stereocenters. The average molecular weight is 186 g/mol. The van der Waals surface area contributed by atoms with E-state index in [4.69, 9.17) is 10.2 Å². The van der Waals surface area contributed by atoms with Crippen LogP contribution >= 0.6 is 0 Å². The van der Waals surface area contributed by atoms with E-state index in [2.05, 4.69) is 6.58 Å². The second-order valence-corrected chi connectivity index (χ2v) is 2.49. The van der Waals surface area contributed by atoms with Crippen molar-refractivity contribution in [3.63, 3.8) is 0 Å². The van der Waals surface area contributed by atoms with Gasteiger partial charge < -0.3 is 10.2 Å². The first kappa shape index (κ1) is 11.4. The number of hydrogen-bond donors (Lipinski definition) is 2. The third-order valence-electron chi connectivity index (χ3n) is 1.35. The van der Waals surface area contributed by atoms with Crippen molar-refractivity contribution in [2.75, 3.05) is 0 Å². The molecule has 0 saturated carbocycles. The molecule has 0 saturated heterocycles. The lowest BCUT2D eigenvalue weighted by atomic mass is 10.1. The van der Waals surface area contributed by atoms with Crippen LogP contribution in [0, 0.1) is 0 Å². The van der Waals surface area contributed by atoms with Gasteiger partial charge in [-0.25, -0.2) is 0 Å². The van der Waals surface area contributed by atoms with Crippen LogP contribution in [0.1, 0.15) is 19.3 Å². The fraction of sp³-hybridized carbons (Fsp3) is 0.375. The maximum atomic E-state index is 10.9. The number of Topliss-reactive ketones (excluding diaryl/α,β-unsaturated/α-hetero) is 1. The minimum Gasteiger partial charge on any atom is -0.481 e. The molecule has 0 radical (unpaired) electrons. The summed E-state index contributed by atoms with van der Waals surface area (Å²) in [4.78, 5) is 31.0. The third kappa shape index (κ3) is 5.60.